The number of carbonyl (C=O) groups is 2. The van der Waals surface area contributed by atoms with E-state index in [1.54, 1.807) is 0 Å². The zero-order valence-corrected chi connectivity index (χ0v) is 23.4. The first-order chi connectivity index (χ1) is 20.1. The number of hydrogen-bond acceptors (Lipinski definition) is 6. The molecule has 2 atom stereocenters. The van der Waals surface area contributed by atoms with E-state index in [2.05, 4.69) is 22.3 Å². The number of anilines is 2. The Morgan fingerprint density at radius 2 is 1.42 bits per heavy atom. The zero-order valence-electron chi connectivity index (χ0n) is 23.4. The van der Waals surface area contributed by atoms with Gasteiger partial charge in [-0.25, -0.2) is 0 Å². The molecule has 1 N–H and O–H groups in total. The molecule has 5 rings (SSSR count). The van der Waals surface area contributed by atoms with Gasteiger partial charge in [-0.3, -0.25) is 19.7 Å². The van der Waals surface area contributed by atoms with Crippen LogP contribution in [0.1, 0.15) is 51.5 Å². The van der Waals surface area contributed by atoms with Crippen LogP contribution in [-0.2, 0) is 15.8 Å². The fourth-order valence-corrected chi connectivity index (χ4v) is 6.47. The summed E-state index contributed by atoms with van der Waals surface area (Å²) in [7, 11) is 0. The molecule has 43 heavy (non-hydrogen) atoms. The molecule has 2 aromatic rings. The van der Waals surface area contributed by atoms with Crippen molar-refractivity contribution in [1.82, 2.24) is 9.80 Å². The lowest BCUT2D eigenvalue weighted by Crippen LogP contribution is -2.51. The average Bonchev–Trinajstić information content (AvgIpc) is 3.01. The zero-order chi connectivity index (χ0) is 29.9. The van der Waals surface area contributed by atoms with Crippen molar-refractivity contribution in [1.29, 1.82) is 0 Å². The summed E-state index contributed by atoms with van der Waals surface area (Å²) in [6, 6.07) is 12.9. The summed E-state index contributed by atoms with van der Waals surface area (Å²) in [5, 5.41) is 14.1. The Kier molecular flexibility index (Phi) is 10.2. The molecule has 2 heterocycles. The molecule has 0 aromatic heterocycles. The van der Waals surface area contributed by atoms with Crippen molar-refractivity contribution >= 4 is 28.9 Å². The smallest absolute Gasteiger partial charge is 0.382 e. The number of nitro benzene ring substituents is 1. The quantitative estimate of drug-likeness (QED) is 0.331. The van der Waals surface area contributed by atoms with Crippen molar-refractivity contribution in [3.8, 4) is 0 Å². The molecule has 9 nitrogen and oxygen atoms in total. The minimum atomic E-state index is -4.84. The van der Waals surface area contributed by atoms with Crippen LogP contribution in [0.3, 0.4) is 0 Å². The molecule has 12 heteroatoms. The first-order valence-corrected chi connectivity index (χ1v) is 14.6. The van der Waals surface area contributed by atoms with Gasteiger partial charge in [-0.05, 0) is 56.4 Å². The minimum Gasteiger partial charge on any atom is -0.382 e. The van der Waals surface area contributed by atoms with Gasteiger partial charge in [-0.1, -0.05) is 32.0 Å². The number of nitrogens with zero attached hydrogens (tertiary/aromatic N) is 4. The maximum absolute atomic E-state index is 13.4. The van der Waals surface area contributed by atoms with Crippen molar-refractivity contribution < 1.29 is 27.7 Å². The molecule has 3 fully saturated rings. The minimum absolute atomic E-state index is 0. The van der Waals surface area contributed by atoms with E-state index >= 15 is 0 Å². The van der Waals surface area contributed by atoms with E-state index < -0.39 is 22.4 Å². The van der Waals surface area contributed by atoms with Crippen molar-refractivity contribution in [2.24, 2.45) is 11.8 Å². The number of likely N-dealkylation sites (tertiary alicyclic amines) is 1. The Bertz CT molecular complexity index is 1280. The second kappa shape index (κ2) is 13.6. The Balaban J connectivity index is 0.00000423. The number of piperidine rings is 1. The predicted octanol–water partition coefficient (Wildman–Crippen LogP) is 5.81. The molecule has 234 valence electrons. The van der Waals surface area contributed by atoms with Gasteiger partial charge in [-0.2, -0.15) is 13.2 Å². The number of piperazine rings is 1. The van der Waals surface area contributed by atoms with Crippen LogP contribution in [0.5, 0.6) is 0 Å². The SMILES string of the molecule is C.O=C([C@@H]1CCC[C@H](C(=O)N2CCC(Nc3ccc([N+](=O)[O-])c(C(F)(F)F)c3)CC2)C1)N1CCN(c2ccccc2)CC1. The van der Waals surface area contributed by atoms with E-state index in [0.29, 0.717) is 45.4 Å². The first-order valence-electron chi connectivity index (χ1n) is 14.6. The molecule has 2 aliphatic heterocycles. The normalized spacial score (nSPS) is 21.6. The van der Waals surface area contributed by atoms with Gasteiger partial charge in [0.2, 0.25) is 11.8 Å². The van der Waals surface area contributed by atoms with Crippen LogP contribution in [0, 0.1) is 22.0 Å². The van der Waals surface area contributed by atoms with Crippen molar-refractivity contribution in [2.75, 3.05) is 49.5 Å². The van der Waals surface area contributed by atoms with Gasteiger partial charge >= 0.3 is 6.18 Å². The van der Waals surface area contributed by atoms with Crippen LogP contribution in [0.4, 0.5) is 30.2 Å². The van der Waals surface area contributed by atoms with Gasteiger partial charge in [0.05, 0.1) is 4.92 Å². The largest absolute Gasteiger partial charge is 0.423 e. The lowest BCUT2D eigenvalue weighted by molar-refractivity contribution is -0.388. The molecular weight excluding hydrogens is 563 g/mol. The molecular formula is C31H40F3N5O4. The first kappa shape index (κ1) is 32.1. The molecule has 2 aromatic carbocycles. The third-order valence-corrected chi connectivity index (χ3v) is 8.76. The number of rotatable bonds is 6. The van der Waals surface area contributed by atoms with E-state index in [1.165, 1.54) is 6.07 Å². The Morgan fingerprint density at radius 3 is 1.98 bits per heavy atom. The molecule has 0 spiro atoms. The second-order valence-electron chi connectivity index (χ2n) is 11.4. The summed E-state index contributed by atoms with van der Waals surface area (Å²) in [4.78, 5) is 42.8. The highest BCUT2D eigenvalue weighted by Gasteiger charge is 2.39. The van der Waals surface area contributed by atoms with Crippen LogP contribution in [-0.4, -0.2) is 71.8 Å². The van der Waals surface area contributed by atoms with Crippen LogP contribution in [0.2, 0.25) is 0 Å². The number of para-hydroxylation sites is 1. The third-order valence-electron chi connectivity index (χ3n) is 8.76. The summed E-state index contributed by atoms with van der Waals surface area (Å²) in [6.45, 7) is 3.83. The molecule has 3 aliphatic rings. The molecule has 2 saturated heterocycles. The summed E-state index contributed by atoms with van der Waals surface area (Å²) < 4.78 is 40.0. The Morgan fingerprint density at radius 1 is 0.837 bits per heavy atom. The highest BCUT2D eigenvalue weighted by atomic mass is 19.4. The number of nitro groups is 1. The van der Waals surface area contributed by atoms with E-state index in [1.807, 2.05) is 28.0 Å². The highest BCUT2D eigenvalue weighted by Crippen LogP contribution is 2.38. The standard InChI is InChI=1S/C30H36F3N5O4.CH4/c31-30(32,33)26-20-24(9-10-27(26)38(41)42)34-23-11-13-36(14-12-23)28(39)21-5-4-6-22(19-21)29(40)37-17-15-35(16-18-37)25-7-2-1-3-8-25;/h1-3,7-10,20-23,34H,4-6,11-19H2;1H4/t21-,22+;/m0./s1. The van der Waals surface area contributed by atoms with Crippen LogP contribution in [0.25, 0.3) is 0 Å². The monoisotopic (exact) mass is 603 g/mol. The van der Waals surface area contributed by atoms with Crippen LogP contribution < -0.4 is 10.2 Å². The lowest BCUT2D eigenvalue weighted by atomic mass is 9.79. The number of halogens is 3. The molecule has 2 amide bonds. The van der Waals surface area contributed by atoms with E-state index in [4.69, 9.17) is 0 Å². The lowest BCUT2D eigenvalue weighted by Gasteiger charge is -2.40. The van der Waals surface area contributed by atoms with Crippen LogP contribution >= 0.6 is 0 Å². The fraction of sp³-hybridized carbons (Fsp3) is 0.548. The van der Waals surface area contributed by atoms with Gasteiger partial charge in [-0.15, -0.1) is 0 Å². The maximum atomic E-state index is 13.4. The van der Waals surface area contributed by atoms with Crippen molar-refractivity contribution in [3.05, 3.63) is 64.2 Å². The van der Waals surface area contributed by atoms with Gasteiger partial charge in [0.15, 0.2) is 0 Å². The van der Waals surface area contributed by atoms with E-state index in [-0.39, 0.29) is 42.8 Å². The third kappa shape index (κ3) is 7.58. The van der Waals surface area contributed by atoms with Gasteiger partial charge < -0.3 is 20.0 Å². The summed E-state index contributed by atoms with van der Waals surface area (Å²) >= 11 is 0. The number of benzene rings is 2. The number of hydrogen-bond donors (Lipinski definition) is 1. The molecule has 0 bridgehead atoms. The van der Waals surface area contributed by atoms with Gasteiger partial charge in [0.25, 0.3) is 5.69 Å². The second-order valence-corrected chi connectivity index (χ2v) is 11.4. The molecule has 0 unspecified atom stereocenters. The van der Waals surface area contributed by atoms with Gasteiger partial charge in [0, 0.05) is 74.6 Å². The number of carbonyl (C=O) groups excluding carboxylic acids is 2. The number of amides is 2. The topological polar surface area (TPSA) is 99.0 Å². The summed E-state index contributed by atoms with van der Waals surface area (Å²) in [6.07, 6.45) is -0.816. The van der Waals surface area contributed by atoms with E-state index in [0.717, 1.165) is 50.2 Å². The fourth-order valence-electron chi connectivity index (χ4n) is 6.47. The number of alkyl halides is 3. The highest BCUT2D eigenvalue weighted by molar-refractivity contribution is 5.83. The maximum Gasteiger partial charge on any atom is 0.423 e. The Labute approximate surface area is 250 Å². The molecule has 0 radical (unpaired) electrons. The Hall–Kier alpha value is -3.83. The van der Waals surface area contributed by atoms with Crippen molar-refractivity contribution in [3.63, 3.8) is 0 Å². The molecule has 1 aliphatic carbocycles. The summed E-state index contributed by atoms with van der Waals surface area (Å²) in [5.41, 5.74) is -0.946. The van der Waals surface area contributed by atoms with Crippen LogP contribution in [0.15, 0.2) is 48.5 Å². The molecule has 1 saturated carbocycles. The van der Waals surface area contributed by atoms with Crippen molar-refractivity contribution in [2.45, 2.75) is 58.2 Å². The predicted molar refractivity (Wildman–Crippen MR) is 159 cm³/mol. The summed E-state index contributed by atoms with van der Waals surface area (Å²) in [5.74, 6) is -0.161. The van der Waals surface area contributed by atoms with E-state index in [9.17, 15) is 32.9 Å². The number of nitrogens with one attached hydrogen (secondary N) is 1. The average molecular weight is 604 g/mol. The van der Waals surface area contributed by atoms with Gasteiger partial charge in [0.1, 0.15) is 5.56 Å².